The summed E-state index contributed by atoms with van der Waals surface area (Å²) in [5, 5.41) is 0. The highest BCUT2D eigenvalue weighted by Crippen LogP contribution is 2.20. The maximum Gasteiger partial charge on any atom is 0.334 e. The quantitative estimate of drug-likeness (QED) is 0.467. The third kappa shape index (κ3) is 2.36. The van der Waals surface area contributed by atoms with Gasteiger partial charge >= 0.3 is 5.97 Å². The van der Waals surface area contributed by atoms with Gasteiger partial charge in [-0.3, -0.25) is 0 Å². The third-order valence-corrected chi connectivity index (χ3v) is 1.91. The Morgan fingerprint density at radius 2 is 2.33 bits per heavy atom. The molecule has 1 saturated heterocycles. The van der Waals surface area contributed by atoms with Crippen molar-refractivity contribution >= 4 is 5.97 Å². The standard InChI is InChI=1S/C10H16O2/c1-7(2)4-5-9-6-8(3)12-10(9)11/h5,7-8H,4,6H2,1-3H3/b9-5-. The average Bonchev–Trinajstić information content (AvgIpc) is 2.26. The second-order valence-corrected chi connectivity index (χ2v) is 3.78. The van der Waals surface area contributed by atoms with Crippen LogP contribution >= 0.6 is 0 Å². The van der Waals surface area contributed by atoms with Crippen LogP contribution in [0, 0.1) is 5.92 Å². The van der Waals surface area contributed by atoms with Crippen molar-refractivity contribution in [2.24, 2.45) is 5.92 Å². The molecule has 0 spiro atoms. The molecule has 0 N–H and O–H groups in total. The zero-order chi connectivity index (χ0) is 9.14. The van der Waals surface area contributed by atoms with E-state index in [9.17, 15) is 4.79 Å². The Balaban J connectivity index is 2.52. The fraction of sp³-hybridized carbons (Fsp3) is 0.700. The van der Waals surface area contributed by atoms with Gasteiger partial charge in [0, 0.05) is 12.0 Å². The molecule has 0 amide bonds. The molecule has 68 valence electrons. The minimum absolute atomic E-state index is 0.0795. The van der Waals surface area contributed by atoms with E-state index in [2.05, 4.69) is 13.8 Å². The van der Waals surface area contributed by atoms with Gasteiger partial charge in [-0.25, -0.2) is 4.79 Å². The van der Waals surface area contributed by atoms with Crippen LogP contribution in [0.15, 0.2) is 11.6 Å². The fourth-order valence-electron chi connectivity index (χ4n) is 1.24. The van der Waals surface area contributed by atoms with Crippen molar-refractivity contribution in [1.82, 2.24) is 0 Å². The number of carbonyl (C=O) groups is 1. The summed E-state index contributed by atoms with van der Waals surface area (Å²) in [4.78, 5) is 11.1. The normalized spacial score (nSPS) is 26.8. The van der Waals surface area contributed by atoms with Crippen LogP contribution in [0.4, 0.5) is 0 Å². The Morgan fingerprint density at radius 1 is 1.67 bits per heavy atom. The Kier molecular flexibility index (Phi) is 2.90. The van der Waals surface area contributed by atoms with Gasteiger partial charge in [-0.2, -0.15) is 0 Å². The van der Waals surface area contributed by atoms with Gasteiger partial charge in [0.25, 0.3) is 0 Å². The summed E-state index contributed by atoms with van der Waals surface area (Å²) in [6, 6.07) is 0. The van der Waals surface area contributed by atoms with Gasteiger partial charge in [-0.15, -0.1) is 0 Å². The summed E-state index contributed by atoms with van der Waals surface area (Å²) in [7, 11) is 0. The average molecular weight is 168 g/mol. The SMILES string of the molecule is CC(C)C/C=C1/CC(C)OC1=O. The van der Waals surface area contributed by atoms with E-state index < -0.39 is 0 Å². The maximum absolute atomic E-state index is 11.1. The van der Waals surface area contributed by atoms with Crippen LogP contribution in [0.5, 0.6) is 0 Å². The highest BCUT2D eigenvalue weighted by Gasteiger charge is 2.24. The van der Waals surface area contributed by atoms with Crippen molar-refractivity contribution in [3.05, 3.63) is 11.6 Å². The molecule has 1 heterocycles. The van der Waals surface area contributed by atoms with Crippen molar-refractivity contribution in [3.8, 4) is 0 Å². The van der Waals surface area contributed by atoms with Crippen LogP contribution in [0.1, 0.15) is 33.6 Å². The first-order valence-electron chi connectivity index (χ1n) is 4.49. The van der Waals surface area contributed by atoms with Crippen LogP contribution in [-0.2, 0) is 9.53 Å². The van der Waals surface area contributed by atoms with E-state index in [-0.39, 0.29) is 12.1 Å². The summed E-state index contributed by atoms with van der Waals surface area (Å²) >= 11 is 0. The summed E-state index contributed by atoms with van der Waals surface area (Å²) in [5.41, 5.74) is 0.858. The predicted molar refractivity (Wildman–Crippen MR) is 47.7 cm³/mol. The fourth-order valence-corrected chi connectivity index (χ4v) is 1.24. The van der Waals surface area contributed by atoms with Gasteiger partial charge in [-0.1, -0.05) is 19.9 Å². The Morgan fingerprint density at radius 3 is 2.75 bits per heavy atom. The number of esters is 1. The monoisotopic (exact) mass is 168 g/mol. The van der Waals surface area contributed by atoms with Crippen molar-refractivity contribution in [2.75, 3.05) is 0 Å². The zero-order valence-electron chi connectivity index (χ0n) is 7.96. The lowest BCUT2D eigenvalue weighted by Gasteiger charge is -1.97. The van der Waals surface area contributed by atoms with Gasteiger partial charge in [-0.05, 0) is 19.3 Å². The first-order valence-corrected chi connectivity index (χ1v) is 4.49. The lowest BCUT2D eigenvalue weighted by atomic mass is 10.1. The molecular formula is C10H16O2. The first-order chi connectivity index (χ1) is 5.59. The minimum Gasteiger partial charge on any atom is -0.459 e. The smallest absolute Gasteiger partial charge is 0.334 e. The number of rotatable bonds is 2. The molecule has 2 nitrogen and oxygen atoms in total. The van der Waals surface area contributed by atoms with Crippen molar-refractivity contribution in [3.63, 3.8) is 0 Å². The molecule has 12 heavy (non-hydrogen) atoms. The molecular weight excluding hydrogens is 152 g/mol. The number of hydrogen-bond acceptors (Lipinski definition) is 2. The summed E-state index contributed by atoms with van der Waals surface area (Å²) in [6.45, 7) is 6.20. The molecule has 1 unspecified atom stereocenters. The third-order valence-electron chi connectivity index (χ3n) is 1.91. The molecule has 0 aromatic rings. The van der Waals surface area contributed by atoms with E-state index in [1.807, 2.05) is 13.0 Å². The molecule has 0 radical (unpaired) electrons. The van der Waals surface area contributed by atoms with E-state index in [0.717, 1.165) is 18.4 Å². The Hall–Kier alpha value is -0.790. The largest absolute Gasteiger partial charge is 0.459 e. The van der Waals surface area contributed by atoms with Gasteiger partial charge in [0.1, 0.15) is 6.10 Å². The molecule has 1 rings (SSSR count). The van der Waals surface area contributed by atoms with Crippen molar-refractivity contribution in [2.45, 2.75) is 39.7 Å². The summed E-state index contributed by atoms with van der Waals surface area (Å²) in [5.74, 6) is 0.490. The number of hydrogen-bond donors (Lipinski definition) is 0. The predicted octanol–water partition coefficient (Wildman–Crippen LogP) is 2.29. The topological polar surface area (TPSA) is 26.3 Å². The molecule has 2 heteroatoms. The number of allylic oxidation sites excluding steroid dienone is 1. The summed E-state index contributed by atoms with van der Waals surface area (Å²) in [6.07, 6.45) is 3.84. The molecule has 0 aromatic heterocycles. The molecule has 0 bridgehead atoms. The first kappa shape index (κ1) is 9.30. The second kappa shape index (κ2) is 3.74. The minimum atomic E-state index is -0.122. The molecule has 1 aliphatic heterocycles. The molecule has 0 aromatic carbocycles. The van der Waals surface area contributed by atoms with Gasteiger partial charge in [0.2, 0.25) is 0 Å². The van der Waals surface area contributed by atoms with Gasteiger partial charge < -0.3 is 4.74 Å². The second-order valence-electron chi connectivity index (χ2n) is 3.78. The van der Waals surface area contributed by atoms with Crippen LogP contribution in [0.3, 0.4) is 0 Å². The number of ether oxygens (including phenoxy) is 1. The van der Waals surface area contributed by atoms with Crippen LogP contribution < -0.4 is 0 Å². The van der Waals surface area contributed by atoms with Crippen LogP contribution in [0.2, 0.25) is 0 Å². The molecule has 0 saturated carbocycles. The Bertz CT molecular complexity index is 204. The van der Waals surface area contributed by atoms with Crippen molar-refractivity contribution < 1.29 is 9.53 Å². The van der Waals surface area contributed by atoms with Crippen LogP contribution in [-0.4, -0.2) is 12.1 Å². The number of carbonyl (C=O) groups excluding carboxylic acids is 1. The van der Waals surface area contributed by atoms with E-state index in [1.165, 1.54) is 0 Å². The Labute approximate surface area is 73.6 Å². The molecule has 1 aliphatic rings. The maximum atomic E-state index is 11.1. The highest BCUT2D eigenvalue weighted by atomic mass is 16.5. The molecule has 1 atom stereocenters. The summed E-state index contributed by atoms with van der Waals surface area (Å²) < 4.78 is 5.00. The van der Waals surface area contributed by atoms with Gasteiger partial charge in [0.15, 0.2) is 0 Å². The highest BCUT2D eigenvalue weighted by molar-refractivity contribution is 5.90. The lowest BCUT2D eigenvalue weighted by molar-refractivity contribution is -0.138. The van der Waals surface area contributed by atoms with Gasteiger partial charge in [0.05, 0.1) is 0 Å². The zero-order valence-corrected chi connectivity index (χ0v) is 7.96. The van der Waals surface area contributed by atoms with E-state index >= 15 is 0 Å². The molecule has 1 fully saturated rings. The van der Waals surface area contributed by atoms with Crippen LogP contribution in [0.25, 0.3) is 0 Å². The lowest BCUT2D eigenvalue weighted by Crippen LogP contribution is -1.99. The van der Waals surface area contributed by atoms with E-state index in [1.54, 1.807) is 0 Å². The number of cyclic esters (lactones) is 1. The van der Waals surface area contributed by atoms with E-state index in [0.29, 0.717) is 5.92 Å². The van der Waals surface area contributed by atoms with Crippen molar-refractivity contribution in [1.29, 1.82) is 0 Å². The van der Waals surface area contributed by atoms with E-state index in [4.69, 9.17) is 4.74 Å². The molecule has 0 aliphatic carbocycles.